The Bertz CT molecular complexity index is 945. The van der Waals surface area contributed by atoms with Crippen LogP contribution < -0.4 is 11.2 Å². The van der Waals surface area contributed by atoms with Gasteiger partial charge in [-0.05, 0) is 25.1 Å². The first-order chi connectivity index (χ1) is 11.6. The summed E-state index contributed by atoms with van der Waals surface area (Å²) >= 11 is 0. The first kappa shape index (κ1) is 16.0. The summed E-state index contributed by atoms with van der Waals surface area (Å²) in [7, 11) is 0. The Labute approximate surface area is 138 Å². The van der Waals surface area contributed by atoms with Gasteiger partial charge in [0.25, 0.3) is 5.56 Å². The highest BCUT2D eigenvalue weighted by atomic mass is 16.5. The molecule has 1 aliphatic rings. The topological polar surface area (TPSA) is 84.3 Å². The third-order valence-electron chi connectivity index (χ3n) is 3.68. The Morgan fingerprint density at radius 2 is 2.00 bits per heavy atom. The van der Waals surface area contributed by atoms with Crippen LogP contribution in [0, 0.1) is 18.8 Å². The van der Waals surface area contributed by atoms with E-state index in [1.165, 1.54) is 10.8 Å². The van der Waals surface area contributed by atoms with Gasteiger partial charge in [-0.2, -0.15) is 0 Å². The zero-order valence-corrected chi connectivity index (χ0v) is 13.0. The molecule has 1 aromatic carbocycles. The summed E-state index contributed by atoms with van der Waals surface area (Å²) < 4.78 is 6.94. The zero-order chi connectivity index (χ0) is 17.1. The van der Waals surface area contributed by atoms with E-state index in [9.17, 15) is 14.7 Å². The molecule has 2 heterocycles. The van der Waals surface area contributed by atoms with Crippen LogP contribution in [0.4, 0.5) is 0 Å². The van der Waals surface area contributed by atoms with Crippen LogP contribution in [-0.4, -0.2) is 27.4 Å². The van der Waals surface area contributed by atoms with Crippen LogP contribution in [0.2, 0.25) is 0 Å². The number of aromatic nitrogens is 2. The number of aromatic amines is 1. The Hall–Kier alpha value is -2.88. The van der Waals surface area contributed by atoms with Crippen molar-refractivity contribution in [2.45, 2.75) is 19.3 Å². The van der Waals surface area contributed by atoms with Crippen LogP contribution in [0.15, 0.2) is 57.8 Å². The summed E-state index contributed by atoms with van der Waals surface area (Å²) in [6.07, 6.45) is 1.79. The van der Waals surface area contributed by atoms with Crippen molar-refractivity contribution in [3.05, 3.63) is 80.1 Å². The van der Waals surface area contributed by atoms with Gasteiger partial charge in [0, 0.05) is 22.9 Å². The molecule has 1 aromatic heterocycles. The molecule has 2 N–H and O–H groups in total. The second kappa shape index (κ2) is 6.71. The second-order valence-corrected chi connectivity index (χ2v) is 5.41. The molecule has 0 saturated heterocycles. The Balaban J connectivity index is 1.94. The maximum absolute atomic E-state index is 12.0. The zero-order valence-electron chi connectivity index (χ0n) is 13.0. The first-order valence-electron chi connectivity index (χ1n) is 7.45. The van der Waals surface area contributed by atoms with Crippen LogP contribution in [0.1, 0.15) is 17.4 Å². The number of nitrogens with one attached hydrogen (secondary N) is 1. The Morgan fingerprint density at radius 3 is 2.71 bits per heavy atom. The Morgan fingerprint density at radius 1 is 1.25 bits per heavy atom. The molecule has 0 saturated carbocycles. The number of hydrogen-bond acceptors (Lipinski definition) is 4. The highest BCUT2D eigenvalue weighted by Crippen LogP contribution is 2.25. The van der Waals surface area contributed by atoms with Gasteiger partial charge in [-0.15, -0.1) is 0 Å². The van der Waals surface area contributed by atoms with Gasteiger partial charge in [0.15, 0.2) is 6.23 Å². The third kappa shape index (κ3) is 3.23. The lowest BCUT2D eigenvalue weighted by molar-refractivity contribution is -0.0126. The van der Waals surface area contributed by atoms with E-state index in [4.69, 9.17) is 4.74 Å². The number of aryl methyl sites for hydroxylation is 1. The summed E-state index contributed by atoms with van der Waals surface area (Å²) in [6, 6.07) is 9.44. The maximum Gasteiger partial charge on any atom is 0.330 e. The summed E-state index contributed by atoms with van der Waals surface area (Å²) in [5.74, 6) is 5.99. The van der Waals surface area contributed by atoms with E-state index in [2.05, 4.69) is 16.8 Å². The number of ether oxygens (including phenoxy) is 1. The van der Waals surface area contributed by atoms with Gasteiger partial charge >= 0.3 is 5.69 Å². The molecule has 24 heavy (non-hydrogen) atoms. The molecule has 0 fully saturated rings. The second-order valence-electron chi connectivity index (χ2n) is 5.41. The third-order valence-corrected chi connectivity index (χ3v) is 3.68. The number of rotatable bonds is 2. The van der Waals surface area contributed by atoms with Crippen molar-refractivity contribution in [1.29, 1.82) is 0 Å². The lowest BCUT2D eigenvalue weighted by atomic mass is 10.1. The lowest BCUT2D eigenvalue weighted by Crippen LogP contribution is -2.33. The number of nitrogens with zero attached hydrogens (tertiary/aromatic N) is 1. The minimum Gasteiger partial charge on any atom is -0.393 e. The maximum atomic E-state index is 12.0. The molecule has 0 radical (unpaired) electrons. The molecule has 0 amide bonds. The van der Waals surface area contributed by atoms with Crippen molar-refractivity contribution in [3.8, 4) is 11.8 Å². The fourth-order valence-corrected chi connectivity index (χ4v) is 2.39. The lowest BCUT2D eigenvalue weighted by Gasteiger charge is -2.15. The minimum atomic E-state index is -0.717. The van der Waals surface area contributed by atoms with Gasteiger partial charge in [0.2, 0.25) is 0 Å². The molecule has 3 rings (SSSR count). The van der Waals surface area contributed by atoms with Crippen molar-refractivity contribution in [3.63, 3.8) is 0 Å². The smallest absolute Gasteiger partial charge is 0.330 e. The number of aliphatic hydroxyl groups excluding tert-OH is 1. The van der Waals surface area contributed by atoms with Gasteiger partial charge in [0.05, 0.1) is 6.61 Å². The predicted molar refractivity (Wildman–Crippen MR) is 88.5 cm³/mol. The summed E-state index contributed by atoms with van der Waals surface area (Å²) in [5.41, 5.74) is 0.843. The monoisotopic (exact) mass is 324 g/mol. The number of hydrogen-bond donors (Lipinski definition) is 2. The van der Waals surface area contributed by atoms with E-state index >= 15 is 0 Å². The molecule has 0 unspecified atom stereocenters. The Kier molecular flexibility index (Phi) is 4.47. The van der Waals surface area contributed by atoms with Gasteiger partial charge in [-0.3, -0.25) is 14.3 Å². The van der Waals surface area contributed by atoms with Gasteiger partial charge in [-0.25, -0.2) is 4.79 Å². The standard InChI is InChI=1S/C18H16N2O4/c1-12-10-20(18(23)19-17(12)22)16-9-14(15(11-21)24-16)8-7-13-5-3-2-4-6-13/h2-6,9-10,15-16,21H,11H2,1H3,(H,19,22,23)/t15-,16-/m1/s1. The molecule has 2 atom stereocenters. The van der Waals surface area contributed by atoms with Crippen LogP contribution in [0.25, 0.3) is 0 Å². The molecule has 6 heteroatoms. The van der Waals surface area contributed by atoms with Crippen molar-refractivity contribution in [1.82, 2.24) is 9.55 Å². The average Bonchev–Trinajstić information content (AvgIpc) is 3.00. The number of benzene rings is 1. The van der Waals surface area contributed by atoms with Gasteiger partial charge < -0.3 is 9.84 Å². The van der Waals surface area contributed by atoms with E-state index in [0.29, 0.717) is 11.1 Å². The fraction of sp³-hybridized carbons (Fsp3) is 0.222. The van der Waals surface area contributed by atoms with Crippen molar-refractivity contribution >= 4 is 0 Å². The molecule has 6 nitrogen and oxygen atoms in total. The molecule has 0 aliphatic carbocycles. The van der Waals surface area contributed by atoms with E-state index in [-0.39, 0.29) is 6.61 Å². The summed E-state index contributed by atoms with van der Waals surface area (Å²) in [5, 5.41) is 9.49. The normalized spacial score (nSPS) is 19.5. The van der Waals surface area contributed by atoms with Crippen LogP contribution in [-0.2, 0) is 4.74 Å². The summed E-state index contributed by atoms with van der Waals surface area (Å²) in [6.45, 7) is 1.36. The molecule has 1 aliphatic heterocycles. The van der Waals surface area contributed by atoms with Gasteiger partial charge in [-0.1, -0.05) is 30.0 Å². The molecule has 122 valence electrons. The SMILES string of the molecule is Cc1cn([C@H]2C=C(C#Cc3ccccc3)[C@@H](CO)O2)c(=O)[nH]c1=O. The van der Waals surface area contributed by atoms with Crippen molar-refractivity contribution < 1.29 is 9.84 Å². The molecular formula is C18H16N2O4. The van der Waals surface area contributed by atoms with E-state index in [1.807, 2.05) is 30.3 Å². The highest BCUT2D eigenvalue weighted by Gasteiger charge is 2.27. The van der Waals surface area contributed by atoms with E-state index in [0.717, 1.165) is 5.56 Å². The molecule has 2 aromatic rings. The average molecular weight is 324 g/mol. The van der Waals surface area contributed by atoms with Crippen LogP contribution in [0.5, 0.6) is 0 Å². The van der Waals surface area contributed by atoms with Crippen molar-refractivity contribution in [2.75, 3.05) is 6.61 Å². The minimum absolute atomic E-state index is 0.247. The highest BCUT2D eigenvalue weighted by molar-refractivity contribution is 5.43. The van der Waals surface area contributed by atoms with Gasteiger partial charge in [0.1, 0.15) is 6.10 Å². The fourth-order valence-electron chi connectivity index (χ4n) is 2.39. The predicted octanol–water partition coefficient (Wildman–Crippen LogP) is 0.713. The molecule has 0 bridgehead atoms. The number of aliphatic hydroxyl groups is 1. The van der Waals surface area contributed by atoms with Crippen molar-refractivity contribution in [2.24, 2.45) is 0 Å². The van der Waals surface area contributed by atoms with E-state index in [1.54, 1.807) is 13.0 Å². The van der Waals surface area contributed by atoms with Crippen LogP contribution >= 0.6 is 0 Å². The van der Waals surface area contributed by atoms with E-state index < -0.39 is 23.6 Å². The molecule has 0 spiro atoms. The largest absolute Gasteiger partial charge is 0.393 e. The van der Waals surface area contributed by atoms with Crippen LogP contribution in [0.3, 0.4) is 0 Å². The quantitative estimate of drug-likeness (QED) is 0.797. The first-order valence-corrected chi connectivity index (χ1v) is 7.45. The number of H-pyrrole nitrogens is 1. The molecular weight excluding hydrogens is 308 g/mol. The summed E-state index contributed by atoms with van der Waals surface area (Å²) in [4.78, 5) is 25.7.